The molecule has 0 bridgehead atoms. The van der Waals surface area contributed by atoms with E-state index in [0.717, 1.165) is 31.5 Å². The van der Waals surface area contributed by atoms with Gasteiger partial charge in [0.1, 0.15) is 0 Å². The largest absolute Gasteiger partial charge is 0.374 e. The van der Waals surface area contributed by atoms with Crippen molar-refractivity contribution < 1.29 is 4.74 Å². The summed E-state index contributed by atoms with van der Waals surface area (Å²) in [7, 11) is 0. The van der Waals surface area contributed by atoms with Crippen molar-refractivity contribution in [3.05, 3.63) is 0 Å². The third-order valence-corrected chi connectivity index (χ3v) is 5.04. The first-order valence-corrected chi connectivity index (χ1v) is 8.09. The van der Waals surface area contributed by atoms with Gasteiger partial charge < -0.3 is 10.1 Å². The molecule has 0 radical (unpaired) electrons. The second-order valence-corrected chi connectivity index (χ2v) is 6.58. The first-order chi connectivity index (χ1) is 8.74. The van der Waals surface area contributed by atoms with E-state index in [2.05, 4.69) is 19.2 Å². The predicted molar refractivity (Wildman–Crippen MR) is 76.8 cm³/mol. The lowest BCUT2D eigenvalue weighted by molar-refractivity contribution is -0.0807. The molecule has 2 saturated carbocycles. The van der Waals surface area contributed by atoms with Gasteiger partial charge >= 0.3 is 0 Å². The molecule has 2 nitrogen and oxygen atoms in total. The van der Waals surface area contributed by atoms with Gasteiger partial charge in [0.25, 0.3) is 0 Å². The Morgan fingerprint density at radius 2 is 1.89 bits per heavy atom. The SMILES string of the molecule is CCNCC1(OCCC2CCC2)CCC(C)CC1. The Morgan fingerprint density at radius 1 is 1.17 bits per heavy atom. The van der Waals surface area contributed by atoms with Crippen molar-refractivity contribution in [1.29, 1.82) is 0 Å². The molecule has 0 aromatic rings. The van der Waals surface area contributed by atoms with Gasteiger partial charge in [0.2, 0.25) is 0 Å². The highest BCUT2D eigenvalue weighted by molar-refractivity contribution is 4.88. The zero-order valence-electron chi connectivity index (χ0n) is 12.3. The summed E-state index contributed by atoms with van der Waals surface area (Å²) < 4.78 is 6.36. The van der Waals surface area contributed by atoms with Crippen molar-refractivity contribution in [2.75, 3.05) is 19.7 Å². The first-order valence-electron chi connectivity index (χ1n) is 8.09. The predicted octanol–water partition coefficient (Wildman–Crippen LogP) is 3.75. The molecule has 0 aliphatic heterocycles. The molecule has 2 aliphatic rings. The molecule has 2 heteroatoms. The van der Waals surface area contributed by atoms with Crippen LogP contribution in [0.2, 0.25) is 0 Å². The number of likely N-dealkylation sites (N-methyl/N-ethyl adjacent to an activating group) is 1. The van der Waals surface area contributed by atoms with Crippen LogP contribution >= 0.6 is 0 Å². The van der Waals surface area contributed by atoms with Gasteiger partial charge in [-0.2, -0.15) is 0 Å². The van der Waals surface area contributed by atoms with Crippen LogP contribution in [0.15, 0.2) is 0 Å². The third-order valence-electron chi connectivity index (χ3n) is 5.04. The van der Waals surface area contributed by atoms with E-state index in [1.54, 1.807) is 0 Å². The topological polar surface area (TPSA) is 21.3 Å². The third kappa shape index (κ3) is 3.96. The lowest BCUT2D eigenvalue weighted by Gasteiger charge is -2.40. The molecule has 0 unspecified atom stereocenters. The zero-order chi connectivity index (χ0) is 12.8. The summed E-state index contributed by atoms with van der Waals surface area (Å²) >= 11 is 0. The normalized spacial score (nSPS) is 33.3. The highest BCUT2D eigenvalue weighted by Gasteiger charge is 2.34. The molecule has 0 atom stereocenters. The summed E-state index contributed by atoms with van der Waals surface area (Å²) in [6, 6.07) is 0. The average Bonchev–Trinajstić information content (AvgIpc) is 2.33. The first kappa shape index (κ1) is 14.3. The molecule has 0 spiro atoms. The van der Waals surface area contributed by atoms with Crippen molar-refractivity contribution in [3.63, 3.8) is 0 Å². The maximum absolute atomic E-state index is 6.36. The van der Waals surface area contributed by atoms with Crippen LogP contribution in [0.5, 0.6) is 0 Å². The fourth-order valence-electron chi connectivity index (χ4n) is 3.24. The highest BCUT2D eigenvalue weighted by Crippen LogP contribution is 2.36. The molecule has 2 aliphatic carbocycles. The van der Waals surface area contributed by atoms with Crippen LogP contribution in [0.1, 0.15) is 65.2 Å². The summed E-state index contributed by atoms with van der Waals surface area (Å²) in [6.45, 7) is 7.67. The van der Waals surface area contributed by atoms with E-state index in [4.69, 9.17) is 4.74 Å². The van der Waals surface area contributed by atoms with Gasteiger partial charge in [0, 0.05) is 13.2 Å². The molecule has 0 amide bonds. The fourth-order valence-corrected chi connectivity index (χ4v) is 3.24. The van der Waals surface area contributed by atoms with Gasteiger partial charge in [0.05, 0.1) is 5.60 Å². The molecular formula is C16H31NO. The number of hydrogen-bond donors (Lipinski definition) is 1. The lowest BCUT2D eigenvalue weighted by atomic mass is 9.79. The van der Waals surface area contributed by atoms with Crippen LogP contribution in [0.4, 0.5) is 0 Å². The van der Waals surface area contributed by atoms with Crippen LogP contribution in [-0.4, -0.2) is 25.3 Å². The van der Waals surface area contributed by atoms with Crippen molar-refractivity contribution in [2.45, 2.75) is 70.8 Å². The Hall–Kier alpha value is -0.0800. The minimum atomic E-state index is 0.159. The highest BCUT2D eigenvalue weighted by atomic mass is 16.5. The van der Waals surface area contributed by atoms with Crippen LogP contribution < -0.4 is 5.32 Å². The van der Waals surface area contributed by atoms with Crippen LogP contribution in [0.3, 0.4) is 0 Å². The molecule has 2 rings (SSSR count). The molecule has 0 aromatic heterocycles. The Morgan fingerprint density at radius 3 is 2.44 bits per heavy atom. The molecule has 0 aromatic carbocycles. The van der Waals surface area contributed by atoms with E-state index in [1.165, 1.54) is 51.4 Å². The maximum Gasteiger partial charge on any atom is 0.0806 e. The van der Waals surface area contributed by atoms with Crippen molar-refractivity contribution in [1.82, 2.24) is 5.32 Å². The van der Waals surface area contributed by atoms with Crippen molar-refractivity contribution in [3.8, 4) is 0 Å². The Balaban J connectivity index is 1.75. The van der Waals surface area contributed by atoms with E-state index >= 15 is 0 Å². The van der Waals surface area contributed by atoms with Gasteiger partial charge in [0.15, 0.2) is 0 Å². The monoisotopic (exact) mass is 253 g/mol. The van der Waals surface area contributed by atoms with Crippen LogP contribution in [0, 0.1) is 11.8 Å². The summed E-state index contributed by atoms with van der Waals surface area (Å²) in [5.41, 5.74) is 0.159. The van der Waals surface area contributed by atoms with E-state index in [-0.39, 0.29) is 5.60 Å². The maximum atomic E-state index is 6.36. The van der Waals surface area contributed by atoms with Crippen molar-refractivity contribution in [2.24, 2.45) is 11.8 Å². The quantitative estimate of drug-likeness (QED) is 0.746. The Kier molecular flexibility index (Phi) is 5.50. The van der Waals surface area contributed by atoms with Gasteiger partial charge in [-0.15, -0.1) is 0 Å². The number of ether oxygens (including phenoxy) is 1. The number of hydrogen-bond acceptors (Lipinski definition) is 2. The number of nitrogens with one attached hydrogen (secondary N) is 1. The van der Waals surface area contributed by atoms with Gasteiger partial charge in [-0.05, 0) is 50.5 Å². The van der Waals surface area contributed by atoms with Gasteiger partial charge in [-0.25, -0.2) is 0 Å². The number of rotatable bonds is 7. The lowest BCUT2D eigenvalue weighted by Crippen LogP contribution is -2.46. The summed E-state index contributed by atoms with van der Waals surface area (Å²) in [5, 5.41) is 3.51. The summed E-state index contributed by atoms with van der Waals surface area (Å²) in [4.78, 5) is 0. The molecule has 0 heterocycles. The second kappa shape index (κ2) is 6.91. The van der Waals surface area contributed by atoms with Crippen LogP contribution in [-0.2, 0) is 4.74 Å². The average molecular weight is 253 g/mol. The fraction of sp³-hybridized carbons (Fsp3) is 1.00. The Bertz CT molecular complexity index is 224. The van der Waals surface area contributed by atoms with Gasteiger partial charge in [-0.3, -0.25) is 0 Å². The summed E-state index contributed by atoms with van der Waals surface area (Å²) in [6.07, 6.45) is 10.8. The zero-order valence-corrected chi connectivity index (χ0v) is 12.3. The van der Waals surface area contributed by atoms with E-state index in [0.29, 0.717) is 0 Å². The molecule has 106 valence electrons. The second-order valence-electron chi connectivity index (χ2n) is 6.58. The van der Waals surface area contributed by atoms with Crippen molar-refractivity contribution >= 4 is 0 Å². The van der Waals surface area contributed by atoms with Crippen LogP contribution in [0.25, 0.3) is 0 Å². The Labute approximate surface area is 113 Å². The van der Waals surface area contributed by atoms with E-state index in [1.807, 2.05) is 0 Å². The minimum absolute atomic E-state index is 0.159. The molecule has 0 saturated heterocycles. The molecule has 1 N–H and O–H groups in total. The minimum Gasteiger partial charge on any atom is -0.374 e. The van der Waals surface area contributed by atoms with E-state index in [9.17, 15) is 0 Å². The molecule has 2 fully saturated rings. The van der Waals surface area contributed by atoms with Gasteiger partial charge in [-0.1, -0.05) is 33.1 Å². The molecular weight excluding hydrogens is 222 g/mol. The van der Waals surface area contributed by atoms with E-state index < -0.39 is 0 Å². The smallest absolute Gasteiger partial charge is 0.0806 e. The molecule has 18 heavy (non-hydrogen) atoms. The standard InChI is InChI=1S/C16H31NO/c1-3-17-13-16(10-7-14(2)8-11-16)18-12-9-15-5-4-6-15/h14-15,17H,3-13H2,1-2H3. The summed E-state index contributed by atoms with van der Waals surface area (Å²) in [5.74, 6) is 1.87.